The lowest BCUT2D eigenvalue weighted by atomic mass is 9.75. The van der Waals surface area contributed by atoms with Crippen molar-refractivity contribution in [2.45, 2.75) is 18.4 Å². The van der Waals surface area contributed by atoms with E-state index in [2.05, 4.69) is 29.2 Å². The molecule has 202 valence electrons. The Morgan fingerprint density at radius 1 is 0.795 bits per heavy atom. The summed E-state index contributed by atoms with van der Waals surface area (Å²) in [5.41, 5.74) is 4.57. The lowest BCUT2D eigenvalue weighted by molar-refractivity contribution is -0.135. The molecule has 8 nitrogen and oxygen atoms in total. The maximum Gasteiger partial charge on any atom is 0.254 e. The normalized spacial score (nSPS) is 20.1. The third kappa shape index (κ3) is 4.24. The molecule has 0 aromatic heterocycles. The van der Waals surface area contributed by atoms with E-state index in [0.717, 1.165) is 36.5 Å². The summed E-state index contributed by atoms with van der Waals surface area (Å²) in [6.45, 7) is 3.24. The molecule has 0 radical (unpaired) electrons. The van der Waals surface area contributed by atoms with Crippen LogP contribution in [0, 0.1) is 0 Å². The molecule has 3 aliphatic heterocycles. The van der Waals surface area contributed by atoms with Gasteiger partial charge in [0.15, 0.2) is 11.5 Å². The van der Waals surface area contributed by atoms with Gasteiger partial charge in [-0.15, -0.1) is 0 Å². The fourth-order valence-corrected chi connectivity index (χ4v) is 6.29. The summed E-state index contributed by atoms with van der Waals surface area (Å²) in [7, 11) is 4.79. The summed E-state index contributed by atoms with van der Waals surface area (Å²) < 4.78 is 16.4. The highest BCUT2D eigenvalue weighted by atomic mass is 16.5. The summed E-state index contributed by atoms with van der Waals surface area (Å²) in [5, 5.41) is 0. The SMILES string of the molecule is COc1ccc(N2CCN(C(=O)[C@H]3c4cc(OC)c(OC)cc4C(=O)N4CCc5ccccc5[C@H]34)CC2)cc1. The Morgan fingerprint density at radius 2 is 1.49 bits per heavy atom. The predicted molar refractivity (Wildman–Crippen MR) is 148 cm³/mol. The molecular formula is C31H33N3O5. The van der Waals surface area contributed by atoms with Crippen LogP contribution in [-0.2, 0) is 11.2 Å². The molecule has 3 aromatic rings. The Morgan fingerprint density at radius 3 is 2.18 bits per heavy atom. The van der Waals surface area contributed by atoms with Gasteiger partial charge in [0.2, 0.25) is 5.91 Å². The van der Waals surface area contributed by atoms with Crippen LogP contribution in [0.2, 0.25) is 0 Å². The molecule has 3 heterocycles. The second kappa shape index (κ2) is 10.2. The van der Waals surface area contributed by atoms with Gasteiger partial charge in [-0.1, -0.05) is 24.3 Å². The molecule has 6 rings (SSSR count). The molecule has 3 aromatic carbocycles. The molecule has 39 heavy (non-hydrogen) atoms. The van der Waals surface area contributed by atoms with E-state index in [4.69, 9.17) is 14.2 Å². The monoisotopic (exact) mass is 527 g/mol. The van der Waals surface area contributed by atoms with Gasteiger partial charge >= 0.3 is 0 Å². The van der Waals surface area contributed by atoms with Gasteiger partial charge in [0, 0.05) is 44.0 Å². The van der Waals surface area contributed by atoms with E-state index in [9.17, 15) is 9.59 Å². The second-order valence-electron chi connectivity index (χ2n) is 10.2. The average Bonchev–Trinajstić information content (AvgIpc) is 3.00. The van der Waals surface area contributed by atoms with Crippen LogP contribution in [0.5, 0.6) is 17.2 Å². The van der Waals surface area contributed by atoms with Crippen LogP contribution < -0.4 is 19.1 Å². The van der Waals surface area contributed by atoms with Gasteiger partial charge in [-0.05, 0) is 59.5 Å². The van der Waals surface area contributed by atoms with E-state index in [-0.39, 0.29) is 17.9 Å². The smallest absolute Gasteiger partial charge is 0.254 e. The van der Waals surface area contributed by atoms with Crippen molar-refractivity contribution in [3.8, 4) is 17.2 Å². The van der Waals surface area contributed by atoms with Crippen molar-refractivity contribution >= 4 is 17.5 Å². The largest absolute Gasteiger partial charge is 0.497 e. The van der Waals surface area contributed by atoms with Gasteiger partial charge in [-0.3, -0.25) is 9.59 Å². The summed E-state index contributed by atoms with van der Waals surface area (Å²) in [6, 6.07) is 19.4. The minimum Gasteiger partial charge on any atom is -0.497 e. The van der Waals surface area contributed by atoms with Crippen LogP contribution in [0.1, 0.15) is 39.0 Å². The molecule has 8 heteroatoms. The van der Waals surface area contributed by atoms with Crippen LogP contribution in [0.25, 0.3) is 0 Å². The Balaban J connectivity index is 1.36. The first-order valence-corrected chi connectivity index (χ1v) is 13.4. The van der Waals surface area contributed by atoms with E-state index < -0.39 is 5.92 Å². The molecule has 0 bridgehead atoms. The highest BCUT2D eigenvalue weighted by Crippen LogP contribution is 2.49. The molecule has 2 amide bonds. The van der Waals surface area contributed by atoms with Gasteiger partial charge in [-0.2, -0.15) is 0 Å². The number of hydrogen-bond acceptors (Lipinski definition) is 6. The maximum absolute atomic E-state index is 14.4. The Bertz CT molecular complexity index is 1400. The average molecular weight is 528 g/mol. The van der Waals surface area contributed by atoms with Crippen LogP contribution in [0.4, 0.5) is 5.69 Å². The summed E-state index contributed by atoms with van der Waals surface area (Å²) in [6.07, 6.45) is 0.766. The molecule has 0 spiro atoms. The number of benzene rings is 3. The lowest BCUT2D eigenvalue weighted by Crippen LogP contribution is -2.54. The molecule has 3 aliphatic rings. The Kier molecular flexibility index (Phi) is 6.54. The predicted octanol–water partition coefficient (Wildman–Crippen LogP) is 3.90. The maximum atomic E-state index is 14.4. The Hall–Kier alpha value is -4.20. The van der Waals surface area contributed by atoms with Gasteiger partial charge in [0.05, 0.1) is 33.3 Å². The molecule has 2 atom stereocenters. The zero-order valence-corrected chi connectivity index (χ0v) is 22.6. The molecule has 0 unspecified atom stereocenters. The molecule has 1 saturated heterocycles. The van der Waals surface area contributed by atoms with Crippen LogP contribution >= 0.6 is 0 Å². The number of carbonyl (C=O) groups is 2. The number of piperazine rings is 1. The molecule has 1 fully saturated rings. The second-order valence-corrected chi connectivity index (χ2v) is 10.2. The summed E-state index contributed by atoms with van der Waals surface area (Å²) in [5.74, 6) is 1.26. The quantitative estimate of drug-likeness (QED) is 0.501. The fraction of sp³-hybridized carbons (Fsp3) is 0.355. The van der Waals surface area contributed by atoms with Crippen molar-refractivity contribution in [2.75, 3.05) is 59.0 Å². The zero-order valence-electron chi connectivity index (χ0n) is 22.6. The van der Waals surface area contributed by atoms with Crippen LogP contribution in [-0.4, -0.2) is 75.7 Å². The van der Waals surface area contributed by atoms with Gasteiger partial charge < -0.3 is 28.9 Å². The number of hydrogen-bond donors (Lipinski definition) is 0. The summed E-state index contributed by atoms with van der Waals surface area (Å²) in [4.78, 5) is 34.4. The van der Waals surface area contributed by atoms with Crippen molar-refractivity contribution < 1.29 is 23.8 Å². The molecule has 0 N–H and O–H groups in total. The zero-order chi connectivity index (χ0) is 27.1. The van der Waals surface area contributed by atoms with E-state index in [0.29, 0.717) is 42.3 Å². The number of anilines is 1. The molecule has 0 aliphatic carbocycles. The minimum absolute atomic E-state index is 0.0389. The van der Waals surface area contributed by atoms with Gasteiger partial charge in [-0.25, -0.2) is 0 Å². The fourth-order valence-electron chi connectivity index (χ4n) is 6.29. The first kappa shape index (κ1) is 25.1. The van der Waals surface area contributed by atoms with Crippen molar-refractivity contribution in [1.29, 1.82) is 0 Å². The standard InChI is InChI=1S/C31H33N3O5/c1-37-22-10-8-21(9-11-22)32-14-16-33(17-15-32)31(36)28-24-18-26(38-2)27(39-3)19-25(24)30(35)34-13-12-20-6-4-5-7-23(20)29(28)34/h4-11,18-19,28-29H,12-17H2,1-3H3/t28-,29+/m0/s1. The van der Waals surface area contributed by atoms with E-state index in [1.165, 1.54) is 5.56 Å². The summed E-state index contributed by atoms with van der Waals surface area (Å²) >= 11 is 0. The number of amides is 2. The number of fused-ring (bicyclic) bond motifs is 4. The van der Waals surface area contributed by atoms with Crippen molar-refractivity contribution in [1.82, 2.24) is 9.80 Å². The molecule has 0 saturated carbocycles. The third-order valence-corrected chi connectivity index (χ3v) is 8.32. The first-order valence-electron chi connectivity index (χ1n) is 13.4. The van der Waals surface area contributed by atoms with Gasteiger partial charge in [0.25, 0.3) is 5.91 Å². The van der Waals surface area contributed by atoms with Gasteiger partial charge in [0.1, 0.15) is 5.75 Å². The van der Waals surface area contributed by atoms with Crippen LogP contribution in [0.15, 0.2) is 60.7 Å². The van der Waals surface area contributed by atoms with Crippen molar-refractivity contribution in [3.05, 3.63) is 82.9 Å². The lowest BCUT2D eigenvalue weighted by Gasteiger charge is -2.47. The van der Waals surface area contributed by atoms with E-state index in [1.54, 1.807) is 27.4 Å². The number of methoxy groups -OCH3 is 3. The number of carbonyl (C=O) groups excluding carboxylic acids is 2. The third-order valence-electron chi connectivity index (χ3n) is 8.32. The van der Waals surface area contributed by atoms with Crippen molar-refractivity contribution in [3.63, 3.8) is 0 Å². The number of nitrogens with zero attached hydrogens (tertiary/aromatic N) is 3. The van der Waals surface area contributed by atoms with E-state index in [1.807, 2.05) is 40.1 Å². The van der Waals surface area contributed by atoms with E-state index >= 15 is 0 Å². The first-order chi connectivity index (χ1) is 19.0. The highest BCUT2D eigenvalue weighted by molar-refractivity contribution is 6.02. The Labute approximate surface area is 228 Å². The van der Waals surface area contributed by atoms with Crippen LogP contribution in [0.3, 0.4) is 0 Å². The number of ether oxygens (including phenoxy) is 3. The molecular weight excluding hydrogens is 494 g/mol. The number of rotatable bonds is 5. The minimum atomic E-state index is -0.536. The van der Waals surface area contributed by atoms with Crippen molar-refractivity contribution in [2.24, 2.45) is 0 Å². The highest BCUT2D eigenvalue weighted by Gasteiger charge is 2.48. The topological polar surface area (TPSA) is 71.5 Å².